The number of hydrogen-bond donors (Lipinski definition) is 5. The van der Waals surface area contributed by atoms with Crippen LogP contribution in [-0.4, -0.2) is 47.3 Å². The van der Waals surface area contributed by atoms with Gasteiger partial charge in [-0.1, -0.05) is 36.3 Å². The van der Waals surface area contributed by atoms with Crippen LogP contribution in [0.2, 0.25) is 0 Å². The van der Waals surface area contributed by atoms with E-state index in [-0.39, 0.29) is 18.4 Å². The number of carbonyl (C=O) groups is 1. The van der Waals surface area contributed by atoms with Crippen LogP contribution in [0, 0.1) is 5.41 Å². The summed E-state index contributed by atoms with van der Waals surface area (Å²) in [6, 6.07) is 14.2. The summed E-state index contributed by atoms with van der Waals surface area (Å²) in [5.41, 5.74) is 10.7. The second-order valence-corrected chi connectivity index (χ2v) is 7.09. The Balaban J connectivity index is 1.93. The van der Waals surface area contributed by atoms with Gasteiger partial charge in [-0.25, -0.2) is 4.79 Å². The van der Waals surface area contributed by atoms with Crippen LogP contribution in [0.5, 0.6) is 0 Å². The number of urea groups is 1. The topological polar surface area (TPSA) is 148 Å². The van der Waals surface area contributed by atoms with Crippen molar-refractivity contribution in [3.8, 4) is 0 Å². The molecule has 0 saturated carbocycles. The van der Waals surface area contributed by atoms with Crippen molar-refractivity contribution in [1.82, 2.24) is 0 Å². The summed E-state index contributed by atoms with van der Waals surface area (Å²) in [6.07, 6.45) is 0.694. The normalized spacial score (nSPS) is 12.4. The van der Waals surface area contributed by atoms with Gasteiger partial charge in [0.25, 0.3) is 0 Å². The minimum Gasteiger partial charge on any atom is -0.409 e. The molecular formula is C23H29N7O2. The van der Waals surface area contributed by atoms with E-state index in [1.54, 1.807) is 12.1 Å². The van der Waals surface area contributed by atoms with Crippen LogP contribution < -0.4 is 16.4 Å². The standard InChI is InChI=1S/C23H29N7O2/c1-4-19(24)13-26-15(2)17-5-9-20(10-6-17)28-23(31)29-21-11-7-18(8-12-21)16(3)27-14-22(25)30-32/h5-12,24,32H,4,13-14H2,1-3H3,(H2,25,30)(H2,28,29,31). The van der Waals surface area contributed by atoms with Crippen LogP contribution in [-0.2, 0) is 0 Å². The molecule has 32 heavy (non-hydrogen) atoms. The fourth-order valence-corrected chi connectivity index (χ4v) is 2.62. The van der Waals surface area contributed by atoms with E-state index in [1.807, 2.05) is 57.2 Å². The SMILES string of the molecule is CCC(=N)CN=C(C)c1ccc(NC(=O)Nc2ccc(C(C)=NC/C(N)=N/O)cc2)cc1. The summed E-state index contributed by atoms with van der Waals surface area (Å²) in [5.74, 6) is 0.0341. The Labute approximate surface area is 187 Å². The van der Waals surface area contributed by atoms with Gasteiger partial charge < -0.3 is 27.0 Å². The van der Waals surface area contributed by atoms with E-state index in [0.29, 0.717) is 30.1 Å². The Bertz CT molecular complexity index is 1020. The maximum Gasteiger partial charge on any atom is 0.323 e. The molecule has 2 aromatic rings. The number of amidine groups is 1. The molecule has 0 radical (unpaired) electrons. The number of nitrogens with one attached hydrogen (secondary N) is 3. The zero-order chi connectivity index (χ0) is 23.5. The summed E-state index contributed by atoms with van der Waals surface area (Å²) >= 11 is 0. The van der Waals surface area contributed by atoms with Crippen molar-refractivity contribution in [3.63, 3.8) is 0 Å². The predicted octanol–water partition coefficient (Wildman–Crippen LogP) is 4.12. The third kappa shape index (κ3) is 7.67. The molecule has 6 N–H and O–H groups in total. The van der Waals surface area contributed by atoms with Crippen molar-refractivity contribution in [2.45, 2.75) is 27.2 Å². The maximum absolute atomic E-state index is 12.3. The lowest BCUT2D eigenvalue weighted by Crippen LogP contribution is -2.19. The van der Waals surface area contributed by atoms with E-state index in [2.05, 4.69) is 25.8 Å². The Morgan fingerprint density at radius 2 is 1.34 bits per heavy atom. The van der Waals surface area contributed by atoms with E-state index in [9.17, 15) is 4.79 Å². The van der Waals surface area contributed by atoms with E-state index in [0.717, 1.165) is 22.6 Å². The Kier molecular flexibility index (Phi) is 9.09. The molecule has 9 nitrogen and oxygen atoms in total. The van der Waals surface area contributed by atoms with Crippen LogP contribution in [0.1, 0.15) is 38.3 Å². The number of benzene rings is 2. The van der Waals surface area contributed by atoms with Crippen molar-refractivity contribution < 1.29 is 10.0 Å². The second kappa shape index (κ2) is 12.0. The average molecular weight is 436 g/mol. The van der Waals surface area contributed by atoms with E-state index in [4.69, 9.17) is 16.4 Å². The minimum absolute atomic E-state index is 0.0341. The lowest BCUT2D eigenvalue weighted by Gasteiger charge is -2.09. The molecular weight excluding hydrogens is 406 g/mol. The van der Waals surface area contributed by atoms with Crippen LogP contribution in [0.3, 0.4) is 0 Å². The fourth-order valence-electron chi connectivity index (χ4n) is 2.62. The van der Waals surface area contributed by atoms with Gasteiger partial charge in [0.1, 0.15) is 6.54 Å². The molecule has 0 spiro atoms. The molecule has 0 saturated heterocycles. The summed E-state index contributed by atoms with van der Waals surface area (Å²) in [6.45, 7) is 6.18. The number of nitrogens with two attached hydrogens (primary N) is 1. The predicted molar refractivity (Wildman–Crippen MR) is 131 cm³/mol. The zero-order valence-corrected chi connectivity index (χ0v) is 18.5. The summed E-state index contributed by atoms with van der Waals surface area (Å²) in [5, 5.41) is 24.7. The highest BCUT2D eigenvalue weighted by Gasteiger charge is 2.05. The first-order valence-corrected chi connectivity index (χ1v) is 10.2. The highest BCUT2D eigenvalue weighted by molar-refractivity contribution is 6.03. The first-order valence-electron chi connectivity index (χ1n) is 10.2. The summed E-state index contributed by atoms with van der Waals surface area (Å²) < 4.78 is 0. The average Bonchev–Trinajstić information content (AvgIpc) is 2.81. The molecule has 0 aliphatic rings. The van der Waals surface area contributed by atoms with Gasteiger partial charge in [0, 0.05) is 28.5 Å². The lowest BCUT2D eigenvalue weighted by atomic mass is 10.1. The van der Waals surface area contributed by atoms with Crippen molar-refractivity contribution in [3.05, 3.63) is 59.7 Å². The maximum atomic E-state index is 12.3. The molecule has 2 rings (SSSR count). The molecule has 0 aliphatic carbocycles. The van der Waals surface area contributed by atoms with Gasteiger partial charge in [0.2, 0.25) is 0 Å². The molecule has 0 aliphatic heterocycles. The van der Waals surface area contributed by atoms with E-state index >= 15 is 0 Å². The Hall–Kier alpha value is -4.01. The molecule has 0 unspecified atom stereocenters. The third-order valence-corrected chi connectivity index (χ3v) is 4.66. The minimum atomic E-state index is -0.357. The number of rotatable bonds is 9. The van der Waals surface area contributed by atoms with E-state index < -0.39 is 0 Å². The zero-order valence-electron chi connectivity index (χ0n) is 18.5. The number of hydrogen-bond acceptors (Lipinski definition) is 6. The molecule has 2 amide bonds. The van der Waals surface area contributed by atoms with Gasteiger partial charge in [0.15, 0.2) is 5.84 Å². The smallest absolute Gasteiger partial charge is 0.323 e. The van der Waals surface area contributed by atoms with E-state index in [1.165, 1.54) is 0 Å². The molecule has 2 aromatic carbocycles. The summed E-state index contributed by atoms with van der Waals surface area (Å²) in [4.78, 5) is 21.0. The van der Waals surface area contributed by atoms with Crippen molar-refractivity contribution in [2.75, 3.05) is 23.7 Å². The van der Waals surface area contributed by atoms with Gasteiger partial charge >= 0.3 is 6.03 Å². The van der Waals surface area contributed by atoms with Crippen LogP contribution in [0.4, 0.5) is 16.2 Å². The van der Waals surface area contributed by atoms with Gasteiger partial charge in [-0.15, -0.1) is 0 Å². The molecule has 0 aromatic heterocycles. The van der Waals surface area contributed by atoms with Gasteiger partial charge in [-0.2, -0.15) is 0 Å². The van der Waals surface area contributed by atoms with Crippen molar-refractivity contribution >= 4 is 40.4 Å². The fraction of sp³-hybridized carbons (Fsp3) is 0.261. The first-order chi connectivity index (χ1) is 15.3. The van der Waals surface area contributed by atoms with Crippen LogP contribution in [0.15, 0.2) is 63.7 Å². The van der Waals surface area contributed by atoms with Crippen molar-refractivity contribution in [1.29, 1.82) is 5.41 Å². The third-order valence-electron chi connectivity index (χ3n) is 4.66. The quantitative estimate of drug-likeness (QED) is 0.174. The van der Waals surface area contributed by atoms with Gasteiger partial charge in [0.05, 0.1) is 6.54 Å². The number of nitrogens with zero attached hydrogens (tertiary/aromatic N) is 3. The summed E-state index contributed by atoms with van der Waals surface area (Å²) in [7, 11) is 0. The second-order valence-electron chi connectivity index (χ2n) is 7.09. The van der Waals surface area contributed by atoms with Crippen LogP contribution >= 0.6 is 0 Å². The first kappa shape index (κ1) is 24.3. The number of anilines is 2. The van der Waals surface area contributed by atoms with Gasteiger partial charge in [-0.05, 0) is 55.7 Å². The Morgan fingerprint density at radius 3 is 1.75 bits per heavy atom. The molecule has 0 atom stereocenters. The molecule has 168 valence electrons. The molecule has 0 heterocycles. The molecule has 9 heteroatoms. The number of amides is 2. The number of carbonyl (C=O) groups excluding carboxylic acids is 1. The monoisotopic (exact) mass is 435 g/mol. The van der Waals surface area contributed by atoms with Gasteiger partial charge in [-0.3, -0.25) is 9.98 Å². The number of oxime groups is 1. The van der Waals surface area contributed by atoms with Crippen molar-refractivity contribution in [2.24, 2.45) is 20.9 Å². The highest BCUT2D eigenvalue weighted by Crippen LogP contribution is 2.14. The lowest BCUT2D eigenvalue weighted by molar-refractivity contribution is 0.262. The van der Waals surface area contributed by atoms with Crippen LogP contribution in [0.25, 0.3) is 0 Å². The molecule has 0 bridgehead atoms. The number of aliphatic imine (C=N–C) groups is 2. The largest absolute Gasteiger partial charge is 0.409 e. The Morgan fingerprint density at radius 1 is 0.906 bits per heavy atom. The molecule has 0 fully saturated rings. The highest BCUT2D eigenvalue weighted by atomic mass is 16.4.